The predicted octanol–water partition coefficient (Wildman–Crippen LogP) is 2.57. The van der Waals surface area contributed by atoms with Crippen LogP contribution in [0.15, 0.2) is 18.2 Å². The van der Waals surface area contributed by atoms with Crippen LogP contribution in [0, 0.1) is 0 Å². The van der Waals surface area contributed by atoms with Gasteiger partial charge in [0.05, 0.1) is 17.3 Å². The van der Waals surface area contributed by atoms with Crippen molar-refractivity contribution in [3.05, 3.63) is 33.8 Å². The number of carbonyl (C=O) groups excluding carboxylic acids is 1. The normalized spacial score (nSPS) is 20.0. The molecule has 1 heterocycles. The quantitative estimate of drug-likeness (QED) is 0.822. The van der Waals surface area contributed by atoms with Crippen molar-refractivity contribution >= 4 is 50.7 Å². The van der Waals surface area contributed by atoms with E-state index in [1.165, 1.54) is 11.8 Å². The van der Waals surface area contributed by atoms with Crippen LogP contribution in [0.3, 0.4) is 0 Å². The molecule has 1 aliphatic rings. The summed E-state index contributed by atoms with van der Waals surface area (Å²) in [7, 11) is -2.88. The number of amides is 1. The van der Waals surface area contributed by atoms with Crippen LogP contribution in [0.1, 0.15) is 12.0 Å². The molecule has 0 saturated carbocycles. The van der Waals surface area contributed by atoms with E-state index in [0.29, 0.717) is 29.4 Å². The van der Waals surface area contributed by atoms with Crippen LogP contribution in [0.2, 0.25) is 10.0 Å². The van der Waals surface area contributed by atoms with E-state index in [2.05, 4.69) is 5.32 Å². The number of sulfone groups is 1. The van der Waals surface area contributed by atoms with Crippen LogP contribution in [-0.2, 0) is 21.1 Å². The zero-order valence-corrected chi connectivity index (χ0v) is 15.0. The van der Waals surface area contributed by atoms with Gasteiger partial charge in [0.1, 0.15) is 0 Å². The van der Waals surface area contributed by atoms with Crippen LogP contribution in [0.25, 0.3) is 0 Å². The minimum absolute atomic E-state index is 0.0440. The summed E-state index contributed by atoms with van der Waals surface area (Å²) in [6.45, 7) is 0.499. The van der Waals surface area contributed by atoms with Gasteiger partial charge in [-0.1, -0.05) is 23.2 Å². The smallest absolute Gasteiger partial charge is 0.230 e. The highest BCUT2D eigenvalue weighted by atomic mass is 35.5. The number of benzene rings is 1. The highest BCUT2D eigenvalue weighted by molar-refractivity contribution is 8.02. The van der Waals surface area contributed by atoms with Crippen molar-refractivity contribution in [2.24, 2.45) is 0 Å². The second-order valence-electron chi connectivity index (χ2n) is 5.21. The van der Waals surface area contributed by atoms with Gasteiger partial charge in [0.25, 0.3) is 0 Å². The fourth-order valence-electron chi connectivity index (χ4n) is 2.24. The van der Waals surface area contributed by atoms with Gasteiger partial charge in [0, 0.05) is 21.8 Å². The molecule has 1 atom stereocenters. The van der Waals surface area contributed by atoms with E-state index >= 15 is 0 Å². The average Bonchev–Trinajstić information content (AvgIpc) is 2.75. The van der Waals surface area contributed by atoms with Crippen molar-refractivity contribution in [3.63, 3.8) is 0 Å². The molecule has 0 radical (unpaired) electrons. The van der Waals surface area contributed by atoms with E-state index in [-0.39, 0.29) is 28.4 Å². The van der Waals surface area contributed by atoms with Crippen LogP contribution in [0.4, 0.5) is 0 Å². The number of hydrogen-bond acceptors (Lipinski definition) is 4. The molecular weight excluding hydrogens is 365 g/mol. The van der Waals surface area contributed by atoms with E-state index in [0.717, 1.165) is 5.56 Å². The van der Waals surface area contributed by atoms with Crippen LogP contribution >= 0.6 is 35.0 Å². The Morgan fingerprint density at radius 1 is 1.27 bits per heavy atom. The fourth-order valence-corrected chi connectivity index (χ4v) is 6.28. The first-order valence-electron chi connectivity index (χ1n) is 6.88. The molecule has 122 valence electrons. The SMILES string of the molecule is O=C(CSC1CCS(=O)(=O)C1)NCCc1cc(Cl)cc(Cl)c1. The van der Waals surface area contributed by atoms with Gasteiger partial charge in [-0.05, 0) is 36.6 Å². The van der Waals surface area contributed by atoms with Gasteiger partial charge in [0.15, 0.2) is 9.84 Å². The third kappa shape index (κ3) is 5.99. The molecule has 4 nitrogen and oxygen atoms in total. The first-order chi connectivity index (χ1) is 10.3. The maximum absolute atomic E-state index is 11.8. The van der Waals surface area contributed by atoms with Crippen molar-refractivity contribution in [2.75, 3.05) is 23.8 Å². The average molecular weight is 382 g/mol. The number of rotatable bonds is 6. The number of carbonyl (C=O) groups is 1. The Morgan fingerprint density at radius 2 is 1.95 bits per heavy atom. The molecule has 1 unspecified atom stereocenters. The van der Waals surface area contributed by atoms with Crippen molar-refractivity contribution in [1.29, 1.82) is 0 Å². The van der Waals surface area contributed by atoms with Gasteiger partial charge in [0.2, 0.25) is 5.91 Å². The summed E-state index contributed by atoms with van der Waals surface area (Å²) in [5.74, 6) is 0.631. The zero-order valence-electron chi connectivity index (χ0n) is 11.8. The standard InChI is InChI=1S/C14H17Cl2NO3S2/c15-11-5-10(6-12(16)7-11)1-3-17-14(18)8-21-13-2-4-22(19,20)9-13/h5-7,13H,1-4,8-9H2,(H,17,18). The summed E-state index contributed by atoms with van der Waals surface area (Å²) in [5, 5.41) is 4.01. The highest BCUT2D eigenvalue weighted by Crippen LogP contribution is 2.24. The molecular formula is C14H17Cl2NO3S2. The summed E-state index contributed by atoms with van der Waals surface area (Å²) >= 11 is 13.2. The molecule has 22 heavy (non-hydrogen) atoms. The molecule has 0 bridgehead atoms. The van der Waals surface area contributed by atoms with E-state index in [9.17, 15) is 13.2 Å². The van der Waals surface area contributed by atoms with Crippen molar-refractivity contribution in [2.45, 2.75) is 18.1 Å². The maximum atomic E-state index is 11.8. The molecule has 1 amide bonds. The summed E-state index contributed by atoms with van der Waals surface area (Å²) in [6, 6.07) is 5.30. The van der Waals surface area contributed by atoms with Crippen molar-refractivity contribution in [1.82, 2.24) is 5.32 Å². The van der Waals surface area contributed by atoms with E-state index in [4.69, 9.17) is 23.2 Å². The molecule has 1 aromatic carbocycles. The molecule has 0 aromatic heterocycles. The van der Waals surface area contributed by atoms with E-state index < -0.39 is 9.84 Å². The number of nitrogens with one attached hydrogen (secondary N) is 1. The van der Waals surface area contributed by atoms with Gasteiger partial charge >= 0.3 is 0 Å². The Hall–Kier alpha value is -0.430. The first-order valence-corrected chi connectivity index (χ1v) is 10.5. The second-order valence-corrected chi connectivity index (χ2v) is 9.60. The number of hydrogen-bond donors (Lipinski definition) is 1. The Kier molecular flexibility index (Phi) is 6.44. The maximum Gasteiger partial charge on any atom is 0.230 e. The number of thioether (sulfide) groups is 1. The summed E-state index contributed by atoms with van der Waals surface area (Å²) in [4.78, 5) is 11.8. The van der Waals surface area contributed by atoms with Crippen molar-refractivity contribution in [3.8, 4) is 0 Å². The van der Waals surface area contributed by atoms with Crippen LogP contribution in [-0.4, -0.2) is 43.4 Å². The summed E-state index contributed by atoms with van der Waals surface area (Å²) < 4.78 is 22.7. The minimum Gasteiger partial charge on any atom is -0.355 e. The van der Waals surface area contributed by atoms with Gasteiger partial charge in [-0.3, -0.25) is 4.79 Å². The monoisotopic (exact) mass is 381 g/mol. The third-order valence-electron chi connectivity index (χ3n) is 3.30. The Bertz CT molecular complexity index is 629. The molecule has 1 saturated heterocycles. The topological polar surface area (TPSA) is 63.2 Å². The molecule has 0 aliphatic carbocycles. The lowest BCUT2D eigenvalue weighted by molar-refractivity contribution is -0.118. The van der Waals surface area contributed by atoms with Crippen molar-refractivity contribution < 1.29 is 13.2 Å². The lowest BCUT2D eigenvalue weighted by Crippen LogP contribution is -2.28. The third-order valence-corrected chi connectivity index (χ3v) is 7.02. The zero-order chi connectivity index (χ0) is 16.2. The lowest BCUT2D eigenvalue weighted by Gasteiger charge is -2.09. The largest absolute Gasteiger partial charge is 0.355 e. The molecule has 0 spiro atoms. The van der Waals surface area contributed by atoms with Gasteiger partial charge in [-0.15, -0.1) is 11.8 Å². The molecule has 1 aliphatic heterocycles. The Morgan fingerprint density at radius 3 is 2.55 bits per heavy atom. The van der Waals surface area contributed by atoms with Gasteiger partial charge in [-0.25, -0.2) is 8.42 Å². The molecule has 1 fully saturated rings. The predicted molar refractivity (Wildman–Crippen MR) is 92.7 cm³/mol. The van der Waals surface area contributed by atoms with Gasteiger partial charge in [-0.2, -0.15) is 0 Å². The summed E-state index contributed by atoms with van der Waals surface area (Å²) in [6.07, 6.45) is 1.29. The van der Waals surface area contributed by atoms with Crippen LogP contribution < -0.4 is 5.32 Å². The first kappa shape index (κ1) is 17.9. The van der Waals surface area contributed by atoms with E-state index in [1.54, 1.807) is 6.07 Å². The minimum atomic E-state index is -2.88. The molecule has 1 aromatic rings. The molecule has 2 rings (SSSR count). The lowest BCUT2D eigenvalue weighted by atomic mass is 10.1. The summed E-state index contributed by atoms with van der Waals surface area (Å²) in [5.41, 5.74) is 0.965. The van der Waals surface area contributed by atoms with Gasteiger partial charge < -0.3 is 5.32 Å². The van der Waals surface area contributed by atoms with E-state index in [1.807, 2.05) is 12.1 Å². The van der Waals surface area contributed by atoms with Crippen LogP contribution in [0.5, 0.6) is 0 Å². The molecule has 8 heteroatoms. The Balaban J connectivity index is 1.68. The highest BCUT2D eigenvalue weighted by Gasteiger charge is 2.28. The Labute approximate surface area is 144 Å². The number of halogens is 2. The second kappa shape index (κ2) is 7.90. The fraction of sp³-hybridized carbons (Fsp3) is 0.500. The molecule has 1 N–H and O–H groups in total.